The van der Waals surface area contributed by atoms with E-state index < -0.39 is 0 Å². The van der Waals surface area contributed by atoms with Crippen LogP contribution in [0.25, 0.3) is 21.9 Å². The maximum Gasteiger partial charge on any atom is 0.277 e. The Morgan fingerprint density at radius 3 is 2.32 bits per heavy atom. The zero-order valence-electron chi connectivity index (χ0n) is 23.8. The quantitative estimate of drug-likeness (QED) is 0.299. The Kier molecular flexibility index (Phi) is 6.78. The van der Waals surface area contributed by atoms with Crippen LogP contribution in [0.3, 0.4) is 0 Å². The molecule has 3 amide bonds. The number of benzene rings is 4. The number of fused-ring (bicyclic) bond motifs is 3. The van der Waals surface area contributed by atoms with Crippen molar-refractivity contribution in [2.75, 3.05) is 23.8 Å². The first-order chi connectivity index (χ1) is 21.4. The topological polar surface area (TPSA) is 113 Å². The predicted octanol–water partition coefficient (Wildman–Crippen LogP) is 4.90. The number of rotatable bonds is 6. The minimum atomic E-state index is -0.388. The number of carbonyl (C=O) groups is 3. The van der Waals surface area contributed by atoms with Crippen molar-refractivity contribution in [3.63, 3.8) is 0 Å². The second-order valence-electron chi connectivity index (χ2n) is 10.7. The summed E-state index contributed by atoms with van der Waals surface area (Å²) < 4.78 is 1.85. The first-order valence-electron chi connectivity index (χ1n) is 14.2. The van der Waals surface area contributed by atoms with Gasteiger partial charge in [0.05, 0.1) is 47.1 Å². The number of nitrogens with zero attached hydrogens (tertiary/aromatic N) is 6. The van der Waals surface area contributed by atoms with Gasteiger partial charge in [-0.1, -0.05) is 60.7 Å². The second kappa shape index (κ2) is 11.1. The van der Waals surface area contributed by atoms with E-state index in [0.29, 0.717) is 35.7 Å². The lowest BCUT2D eigenvalue weighted by atomic mass is 10.1. The van der Waals surface area contributed by atoms with E-state index >= 15 is 0 Å². The highest BCUT2D eigenvalue weighted by molar-refractivity contribution is 6.09. The van der Waals surface area contributed by atoms with Crippen LogP contribution in [-0.2, 0) is 17.9 Å². The standard InChI is InChI=1S/C34H27N7O3/c1-39-21-31(42)40(29-12-6-3-9-25(29)34(39)44)19-22-14-16-23(17-15-22)20-41-30-13-7-2-8-24(30)32(38-41)37-33(43)28-18-35-26-10-4-5-11-27(26)36-28/h2-18H,19-21H2,1H3,(H,37,38,43). The molecule has 0 fully saturated rings. The molecule has 1 N–H and O–H groups in total. The van der Waals surface area contributed by atoms with E-state index in [2.05, 4.69) is 15.3 Å². The summed E-state index contributed by atoms with van der Waals surface area (Å²) in [5.41, 5.74) is 5.50. The van der Waals surface area contributed by atoms with Gasteiger partial charge in [-0.2, -0.15) is 5.10 Å². The number of hydrogen-bond donors (Lipinski definition) is 1. The van der Waals surface area contributed by atoms with Gasteiger partial charge >= 0.3 is 0 Å². The van der Waals surface area contributed by atoms with Crippen molar-refractivity contribution >= 4 is 51.2 Å². The van der Waals surface area contributed by atoms with Crippen molar-refractivity contribution in [1.82, 2.24) is 24.6 Å². The summed E-state index contributed by atoms with van der Waals surface area (Å²) in [6.45, 7) is 0.831. The van der Waals surface area contributed by atoms with Crippen molar-refractivity contribution in [3.8, 4) is 0 Å². The molecule has 0 aliphatic carbocycles. The first kappa shape index (κ1) is 27.0. The fourth-order valence-electron chi connectivity index (χ4n) is 5.45. The Balaban J connectivity index is 1.11. The molecule has 0 radical (unpaired) electrons. The number of amides is 3. The third-order valence-corrected chi connectivity index (χ3v) is 7.71. The van der Waals surface area contributed by atoms with Crippen LogP contribution in [0.5, 0.6) is 0 Å². The average Bonchev–Trinajstić information content (AvgIpc) is 3.36. The van der Waals surface area contributed by atoms with Gasteiger partial charge in [-0.15, -0.1) is 0 Å². The number of aromatic nitrogens is 4. The number of anilines is 2. The van der Waals surface area contributed by atoms with Crippen molar-refractivity contribution < 1.29 is 14.4 Å². The van der Waals surface area contributed by atoms with E-state index in [0.717, 1.165) is 27.5 Å². The molecule has 0 atom stereocenters. The van der Waals surface area contributed by atoms with Crippen LogP contribution in [0, 0.1) is 0 Å². The van der Waals surface area contributed by atoms with Crippen LogP contribution in [0.4, 0.5) is 11.5 Å². The Labute approximate surface area is 252 Å². The van der Waals surface area contributed by atoms with Gasteiger partial charge < -0.3 is 15.1 Å². The molecule has 4 aromatic carbocycles. The Morgan fingerprint density at radius 2 is 1.50 bits per heavy atom. The molecule has 0 spiro atoms. The second-order valence-corrected chi connectivity index (χ2v) is 10.7. The van der Waals surface area contributed by atoms with Gasteiger partial charge in [0, 0.05) is 12.4 Å². The van der Waals surface area contributed by atoms with E-state index in [1.54, 1.807) is 24.1 Å². The van der Waals surface area contributed by atoms with Crippen LogP contribution < -0.4 is 10.2 Å². The van der Waals surface area contributed by atoms with Crippen LogP contribution in [0.1, 0.15) is 32.0 Å². The summed E-state index contributed by atoms with van der Waals surface area (Å²) in [6.07, 6.45) is 1.46. The van der Waals surface area contributed by atoms with Gasteiger partial charge in [-0.05, 0) is 47.5 Å². The van der Waals surface area contributed by atoms with Gasteiger partial charge in [0.2, 0.25) is 5.91 Å². The molecule has 2 aromatic heterocycles. The zero-order chi connectivity index (χ0) is 30.2. The molecule has 216 valence electrons. The van der Waals surface area contributed by atoms with Gasteiger partial charge in [0.15, 0.2) is 5.82 Å². The normalized spacial score (nSPS) is 13.3. The predicted molar refractivity (Wildman–Crippen MR) is 167 cm³/mol. The average molecular weight is 582 g/mol. The first-order valence-corrected chi connectivity index (χ1v) is 14.2. The smallest absolute Gasteiger partial charge is 0.277 e. The molecule has 0 saturated heterocycles. The summed E-state index contributed by atoms with van der Waals surface area (Å²) >= 11 is 0. The van der Waals surface area contributed by atoms with Crippen molar-refractivity contribution in [1.29, 1.82) is 0 Å². The third kappa shape index (κ3) is 5.02. The van der Waals surface area contributed by atoms with Crippen molar-refractivity contribution in [2.24, 2.45) is 0 Å². The summed E-state index contributed by atoms with van der Waals surface area (Å²) in [5.74, 6) is -0.253. The number of para-hydroxylation sites is 4. The number of hydrogen-bond acceptors (Lipinski definition) is 6. The third-order valence-electron chi connectivity index (χ3n) is 7.71. The lowest BCUT2D eigenvalue weighted by molar-refractivity contribution is -0.119. The molecule has 0 bridgehead atoms. The summed E-state index contributed by atoms with van der Waals surface area (Å²) in [4.78, 5) is 50.9. The Hall–Kier alpha value is -5.90. The minimum Gasteiger partial charge on any atom is -0.332 e. The molecule has 1 aliphatic rings. The van der Waals surface area contributed by atoms with Crippen LogP contribution in [-0.4, -0.2) is 56.0 Å². The van der Waals surface area contributed by atoms with E-state index in [4.69, 9.17) is 5.10 Å². The molecular formula is C34H27N7O3. The van der Waals surface area contributed by atoms with E-state index in [1.165, 1.54) is 11.1 Å². The molecular weight excluding hydrogens is 554 g/mol. The molecule has 44 heavy (non-hydrogen) atoms. The van der Waals surface area contributed by atoms with Gasteiger partial charge in [-0.25, -0.2) is 4.98 Å². The maximum atomic E-state index is 13.1. The highest BCUT2D eigenvalue weighted by atomic mass is 16.2. The lowest BCUT2D eigenvalue weighted by Crippen LogP contribution is -2.37. The van der Waals surface area contributed by atoms with Gasteiger partial charge in [0.25, 0.3) is 11.8 Å². The number of carbonyl (C=O) groups excluding carboxylic acids is 3. The lowest BCUT2D eigenvalue weighted by Gasteiger charge is -2.22. The van der Waals surface area contributed by atoms with Crippen LogP contribution >= 0.6 is 0 Å². The number of nitrogens with one attached hydrogen (secondary N) is 1. The van der Waals surface area contributed by atoms with Gasteiger partial charge in [-0.3, -0.25) is 24.0 Å². The largest absolute Gasteiger partial charge is 0.332 e. The minimum absolute atomic E-state index is 0.0181. The highest BCUT2D eigenvalue weighted by Crippen LogP contribution is 2.28. The molecule has 0 saturated carbocycles. The number of likely N-dealkylation sites (N-methyl/N-ethyl adjacent to an activating group) is 1. The monoisotopic (exact) mass is 581 g/mol. The summed E-state index contributed by atoms with van der Waals surface area (Å²) in [5, 5.41) is 8.46. The molecule has 7 rings (SSSR count). The van der Waals surface area contributed by atoms with Crippen molar-refractivity contribution in [3.05, 3.63) is 126 Å². The van der Waals surface area contributed by atoms with E-state index in [9.17, 15) is 14.4 Å². The summed E-state index contributed by atoms with van der Waals surface area (Å²) in [6, 6.07) is 30.3. The fourth-order valence-corrected chi connectivity index (χ4v) is 5.45. The highest BCUT2D eigenvalue weighted by Gasteiger charge is 2.29. The molecule has 1 aliphatic heterocycles. The SMILES string of the molecule is CN1CC(=O)N(Cc2ccc(Cn3nc(NC(=O)c4cnc5ccccc5n4)c4ccccc43)cc2)c2ccccc2C1=O. The maximum absolute atomic E-state index is 13.1. The fraction of sp³-hybridized carbons (Fsp3) is 0.118. The molecule has 10 nitrogen and oxygen atoms in total. The van der Waals surface area contributed by atoms with Gasteiger partial charge in [0.1, 0.15) is 12.2 Å². The molecule has 0 unspecified atom stereocenters. The Morgan fingerprint density at radius 1 is 0.818 bits per heavy atom. The van der Waals surface area contributed by atoms with Crippen molar-refractivity contribution in [2.45, 2.75) is 13.1 Å². The molecule has 6 aromatic rings. The van der Waals surface area contributed by atoms with Crippen LogP contribution in [0.2, 0.25) is 0 Å². The zero-order valence-corrected chi connectivity index (χ0v) is 23.8. The molecule has 3 heterocycles. The molecule has 10 heteroatoms. The van der Waals surface area contributed by atoms with E-state index in [1.807, 2.05) is 89.6 Å². The summed E-state index contributed by atoms with van der Waals surface area (Å²) in [7, 11) is 1.64. The van der Waals surface area contributed by atoms with E-state index in [-0.39, 0.29) is 30.0 Å². The Bertz CT molecular complexity index is 2070. The van der Waals surface area contributed by atoms with Crippen LogP contribution in [0.15, 0.2) is 103 Å².